The van der Waals surface area contributed by atoms with Crippen LogP contribution in [-0.2, 0) is 25.8 Å². The summed E-state index contributed by atoms with van der Waals surface area (Å²) < 4.78 is 94.5. The van der Waals surface area contributed by atoms with Crippen LogP contribution in [0.25, 0.3) is 0 Å². The van der Waals surface area contributed by atoms with E-state index in [0.717, 1.165) is 12.1 Å². The van der Waals surface area contributed by atoms with Crippen molar-refractivity contribution in [1.82, 2.24) is 4.72 Å². The summed E-state index contributed by atoms with van der Waals surface area (Å²) in [6.07, 6.45) is -9.79. The molecular weight excluding hydrogens is 414 g/mol. The third kappa shape index (κ3) is 8.23. The zero-order valence-electron chi connectivity index (χ0n) is 12.9. The summed E-state index contributed by atoms with van der Waals surface area (Å²) in [6, 6.07) is 1.34. The largest absolute Gasteiger partial charge is 0.490 e. The number of halogens is 6. The summed E-state index contributed by atoms with van der Waals surface area (Å²) in [5.74, 6) is -4.28. The summed E-state index contributed by atoms with van der Waals surface area (Å²) in [6.45, 7) is -0.534. The molecule has 0 bridgehead atoms. The van der Waals surface area contributed by atoms with Gasteiger partial charge in [-0.1, -0.05) is 6.07 Å². The predicted molar refractivity (Wildman–Crippen MR) is 75.9 cm³/mol. The molecule has 1 rings (SSSR count). The Labute approximate surface area is 147 Å². The number of rotatable bonds is 5. The highest BCUT2D eigenvalue weighted by atomic mass is 32.2. The molecule has 5 N–H and O–H groups in total. The number of carbonyl (C=O) groups is 2. The second kappa shape index (κ2) is 9.01. The maximum atomic E-state index is 12.5. The number of sulfonamides is 1. The van der Waals surface area contributed by atoms with Crippen molar-refractivity contribution in [1.29, 1.82) is 0 Å². The van der Waals surface area contributed by atoms with E-state index in [4.69, 9.17) is 20.7 Å². The summed E-state index contributed by atoms with van der Waals surface area (Å²) in [5.41, 5.74) is 3.92. The SMILES string of the molecule is NC[C@H](NS(=O)(=O)c1cccc(C(F)(F)F)c1)C(=O)O.O=C(O)C(F)(F)F. The molecule has 0 fully saturated rings. The van der Waals surface area contributed by atoms with E-state index in [1.165, 1.54) is 0 Å². The van der Waals surface area contributed by atoms with E-state index in [1.54, 1.807) is 4.72 Å². The quantitative estimate of drug-likeness (QED) is 0.514. The third-order valence-electron chi connectivity index (χ3n) is 2.55. The minimum absolute atomic E-state index is 0.414. The molecule has 0 saturated carbocycles. The molecule has 0 unspecified atom stereocenters. The zero-order valence-corrected chi connectivity index (χ0v) is 13.7. The maximum Gasteiger partial charge on any atom is 0.490 e. The van der Waals surface area contributed by atoms with Crippen molar-refractivity contribution in [3.8, 4) is 0 Å². The van der Waals surface area contributed by atoms with Gasteiger partial charge in [0.2, 0.25) is 10.0 Å². The number of nitrogens with one attached hydrogen (secondary N) is 1. The molecule has 0 amide bonds. The van der Waals surface area contributed by atoms with Crippen LogP contribution in [0.5, 0.6) is 0 Å². The molecule has 1 atom stereocenters. The molecule has 0 radical (unpaired) electrons. The highest BCUT2D eigenvalue weighted by Gasteiger charge is 2.38. The molecule has 1 aromatic carbocycles. The molecule has 0 aliphatic rings. The maximum absolute atomic E-state index is 12.5. The number of carboxylic acids is 2. The number of benzene rings is 1. The average Bonchev–Trinajstić information content (AvgIpc) is 2.51. The lowest BCUT2D eigenvalue weighted by atomic mass is 10.2. The highest BCUT2D eigenvalue weighted by molar-refractivity contribution is 7.89. The standard InChI is InChI=1S/C10H11F3N2O4S.C2HF3O2/c11-10(12,13)6-2-1-3-7(4-6)20(18,19)15-8(5-14)9(16)17;3-2(4,5)1(6)7/h1-4,8,15H,5,14H2,(H,16,17);(H,6,7)/t8-;/m0./s1. The van der Waals surface area contributed by atoms with Gasteiger partial charge in [0.25, 0.3) is 0 Å². The number of hydrogen-bond donors (Lipinski definition) is 4. The van der Waals surface area contributed by atoms with Crippen LogP contribution in [-0.4, -0.2) is 49.3 Å². The molecule has 0 aliphatic heterocycles. The fraction of sp³-hybridized carbons (Fsp3) is 0.333. The van der Waals surface area contributed by atoms with E-state index >= 15 is 0 Å². The Morgan fingerprint density at radius 2 is 1.59 bits per heavy atom. The molecule has 0 aromatic heterocycles. The molecule has 0 aliphatic carbocycles. The minimum Gasteiger partial charge on any atom is -0.480 e. The van der Waals surface area contributed by atoms with Gasteiger partial charge in [0.05, 0.1) is 10.5 Å². The summed E-state index contributed by atoms with van der Waals surface area (Å²) in [4.78, 5) is 18.9. The topological polar surface area (TPSA) is 147 Å². The molecule has 1 aromatic rings. The second-order valence-electron chi connectivity index (χ2n) is 4.58. The Kier molecular flexibility index (Phi) is 8.21. The number of alkyl halides is 6. The summed E-state index contributed by atoms with van der Waals surface area (Å²) >= 11 is 0. The molecule has 8 nitrogen and oxygen atoms in total. The van der Waals surface area contributed by atoms with Crippen molar-refractivity contribution in [3.05, 3.63) is 29.8 Å². The lowest BCUT2D eigenvalue weighted by molar-refractivity contribution is -0.192. The van der Waals surface area contributed by atoms with E-state index in [0.29, 0.717) is 12.1 Å². The summed E-state index contributed by atoms with van der Waals surface area (Å²) in [7, 11) is -4.41. The van der Waals surface area contributed by atoms with Crippen molar-refractivity contribution in [2.45, 2.75) is 23.3 Å². The van der Waals surface area contributed by atoms with Crippen molar-refractivity contribution < 1.29 is 54.6 Å². The van der Waals surface area contributed by atoms with Crippen LogP contribution in [0.3, 0.4) is 0 Å². The second-order valence-corrected chi connectivity index (χ2v) is 6.29. The van der Waals surface area contributed by atoms with Crippen LogP contribution in [0.15, 0.2) is 29.2 Å². The molecule has 27 heavy (non-hydrogen) atoms. The highest BCUT2D eigenvalue weighted by Crippen LogP contribution is 2.30. The van der Waals surface area contributed by atoms with E-state index in [-0.39, 0.29) is 0 Å². The molecular formula is C12H12F6N2O6S. The van der Waals surface area contributed by atoms with Gasteiger partial charge in [-0.05, 0) is 18.2 Å². The van der Waals surface area contributed by atoms with Crippen LogP contribution in [0.4, 0.5) is 26.3 Å². The van der Waals surface area contributed by atoms with Crippen LogP contribution >= 0.6 is 0 Å². The normalized spacial score (nSPS) is 13.3. The summed E-state index contributed by atoms with van der Waals surface area (Å²) in [5, 5.41) is 15.8. The van der Waals surface area contributed by atoms with Gasteiger partial charge in [0.15, 0.2) is 0 Å². The van der Waals surface area contributed by atoms with Crippen LogP contribution in [0, 0.1) is 0 Å². The number of nitrogens with two attached hydrogens (primary N) is 1. The lowest BCUT2D eigenvalue weighted by Crippen LogP contribution is -2.45. The number of aliphatic carboxylic acids is 2. The fourth-order valence-electron chi connectivity index (χ4n) is 1.29. The number of carboxylic acid groups (broad SMARTS) is 2. The Morgan fingerprint density at radius 3 is 1.93 bits per heavy atom. The Morgan fingerprint density at radius 1 is 1.11 bits per heavy atom. The van der Waals surface area contributed by atoms with Crippen molar-refractivity contribution >= 4 is 22.0 Å². The van der Waals surface area contributed by atoms with Gasteiger partial charge in [-0.25, -0.2) is 13.2 Å². The van der Waals surface area contributed by atoms with Gasteiger partial charge in [-0.2, -0.15) is 31.1 Å². The first-order valence-electron chi connectivity index (χ1n) is 6.45. The number of hydrogen-bond acceptors (Lipinski definition) is 5. The molecule has 0 spiro atoms. The Bertz CT molecular complexity index is 777. The van der Waals surface area contributed by atoms with E-state index in [2.05, 4.69) is 0 Å². The van der Waals surface area contributed by atoms with E-state index < -0.39 is 57.4 Å². The van der Waals surface area contributed by atoms with Gasteiger partial charge in [0.1, 0.15) is 6.04 Å². The predicted octanol–water partition coefficient (Wildman–Crippen LogP) is 1.03. The average molecular weight is 426 g/mol. The first kappa shape index (κ1) is 24.6. The molecule has 15 heteroatoms. The van der Waals surface area contributed by atoms with Crippen molar-refractivity contribution in [2.75, 3.05) is 6.54 Å². The van der Waals surface area contributed by atoms with Crippen LogP contribution < -0.4 is 10.5 Å². The molecule has 0 saturated heterocycles. The Balaban J connectivity index is 0.000000821. The zero-order chi connectivity index (χ0) is 21.6. The van der Waals surface area contributed by atoms with Gasteiger partial charge in [0, 0.05) is 6.54 Å². The first-order chi connectivity index (χ1) is 12.0. The minimum atomic E-state index is -5.08. The monoisotopic (exact) mass is 426 g/mol. The smallest absolute Gasteiger partial charge is 0.480 e. The lowest BCUT2D eigenvalue weighted by Gasteiger charge is -2.14. The Hall–Kier alpha value is -2.39. The third-order valence-corrected chi connectivity index (χ3v) is 4.01. The van der Waals surface area contributed by atoms with Crippen LogP contribution in [0.1, 0.15) is 5.56 Å². The van der Waals surface area contributed by atoms with Crippen LogP contribution in [0.2, 0.25) is 0 Å². The first-order valence-corrected chi connectivity index (χ1v) is 7.93. The van der Waals surface area contributed by atoms with Crippen molar-refractivity contribution in [2.24, 2.45) is 5.73 Å². The van der Waals surface area contributed by atoms with E-state index in [1.807, 2.05) is 0 Å². The van der Waals surface area contributed by atoms with E-state index in [9.17, 15) is 39.6 Å². The van der Waals surface area contributed by atoms with Gasteiger partial charge < -0.3 is 15.9 Å². The van der Waals surface area contributed by atoms with Gasteiger partial charge in [-0.15, -0.1) is 0 Å². The van der Waals surface area contributed by atoms with Crippen molar-refractivity contribution in [3.63, 3.8) is 0 Å². The molecule has 154 valence electrons. The fourth-order valence-corrected chi connectivity index (χ4v) is 2.54. The van der Waals surface area contributed by atoms with Gasteiger partial charge in [-0.3, -0.25) is 4.79 Å². The van der Waals surface area contributed by atoms with Gasteiger partial charge >= 0.3 is 24.3 Å². The molecule has 0 heterocycles.